The second-order valence-electron chi connectivity index (χ2n) is 9.35. The van der Waals surface area contributed by atoms with Gasteiger partial charge in [0, 0.05) is 0 Å². The Hall–Kier alpha value is -1.42. The van der Waals surface area contributed by atoms with E-state index in [1.54, 1.807) is 11.3 Å². The number of nitrogens with one attached hydrogen (secondary N) is 1. The lowest BCUT2D eigenvalue weighted by atomic mass is 9.40. The number of thiazole rings is 1. The summed E-state index contributed by atoms with van der Waals surface area (Å²) in [6, 6.07) is 8.09. The number of aromatic nitrogens is 1. The molecule has 126 valence electrons. The van der Waals surface area contributed by atoms with Crippen LogP contribution in [-0.4, -0.2) is 10.9 Å². The minimum Gasteiger partial charge on any atom is -0.301 e. The third-order valence-electron chi connectivity index (χ3n) is 6.62. The highest BCUT2D eigenvalue weighted by molar-refractivity contribution is 7.22. The van der Waals surface area contributed by atoms with Gasteiger partial charge in [0.15, 0.2) is 5.13 Å². The summed E-state index contributed by atoms with van der Waals surface area (Å²) in [5.41, 5.74) is 1.53. The Bertz CT molecular complexity index is 790. The molecule has 4 heteroatoms. The van der Waals surface area contributed by atoms with E-state index >= 15 is 0 Å². The molecule has 0 aliphatic heterocycles. The van der Waals surface area contributed by atoms with Crippen molar-refractivity contribution in [3.63, 3.8) is 0 Å². The van der Waals surface area contributed by atoms with E-state index in [0.29, 0.717) is 10.8 Å². The van der Waals surface area contributed by atoms with Crippen molar-refractivity contribution in [1.82, 2.24) is 4.98 Å². The van der Waals surface area contributed by atoms with Gasteiger partial charge in [0.1, 0.15) is 0 Å². The highest BCUT2D eigenvalue weighted by Crippen LogP contribution is 2.69. The minimum atomic E-state index is -0.166. The van der Waals surface area contributed by atoms with Crippen LogP contribution in [0.4, 0.5) is 5.13 Å². The van der Waals surface area contributed by atoms with Crippen LogP contribution in [0.2, 0.25) is 0 Å². The van der Waals surface area contributed by atoms with Gasteiger partial charge in [0.25, 0.3) is 0 Å². The first-order chi connectivity index (χ1) is 11.4. The molecule has 1 aromatic heterocycles. The lowest BCUT2D eigenvalue weighted by molar-refractivity contribution is -0.165. The van der Waals surface area contributed by atoms with Gasteiger partial charge in [-0.25, -0.2) is 4.98 Å². The summed E-state index contributed by atoms with van der Waals surface area (Å²) in [4.78, 5) is 17.9. The summed E-state index contributed by atoms with van der Waals surface area (Å²) >= 11 is 1.58. The molecule has 0 radical (unpaired) electrons. The highest BCUT2D eigenvalue weighted by Gasteiger charge is 2.62. The molecule has 1 amide bonds. The molecule has 4 atom stereocenters. The maximum atomic E-state index is 13.3. The predicted octanol–water partition coefficient (Wildman–Crippen LogP) is 5.23. The number of hydrogen-bond acceptors (Lipinski definition) is 3. The second-order valence-corrected chi connectivity index (χ2v) is 10.4. The Labute approximate surface area is 146 Å². The van der Waals surface area contributed by atoms with Gasteiger partial charge >= 0.3 is 0 Å². The molecule has 4 bridgehead atoms. The van der Waals surface area contributed by atoms with E-state index < -0.39 is 0 Å². The Kier molecular flexibility index (Phi) is 2.85. The van der Waals surface area contributed by atoms with Gasteiger partial charge < -0.3 is 5.32 Å². The third kappa shape index (κ3) is 2.15. The zero-order valence-electron chi connectivity index (χ0n) is 14.4. The fourth-order valence-corrected chi connectivity index (χ4v) is 7.72. The second kappa shape index (κ2) is 4.60. The Morgan fingerprint density at radius 1 is 1.12 bits per heavy atom. The van der Waals surface area contributed by atoms with Crippen LogP contribution in [0.25, 0.3) is 10.2 Å². The van der Waals surface area contributed by atoms with Gasteiger partial charge in [-0.3, -0.25) is 4.79 Å². The molecule has 4 aliphatic carbocycles. The largest absolute Gasteiger partial charge is 0.301 e. The minimum absolute atomic E-state index is 0.166. The molecule has 3 nitrogen and oxygen atoms in total. The summed E-state index contributed by atoms with van der Waals surface area (Å²) < 4.78 is 1.14. The van der Waals surface area contributed by atoms with Gasteiger partial charge in [0.05, 0.1) is 15.6 Å². The van der Waals surface area contributed by atoms with Crippen LogP contribution in [0.5, 0.6) is 0 Å². The molecule has 4 aliphatic rings. The van der Waals surface area contributed by atoms with Crippen LogP contribution in [0.3, 0.4) is 0 Å². The maximum absolute atomic E-state index is 13.3. The van der Waals surface area contributed by atoms with Gasteiger partial charge in [-0.15, -0.1) is 0 Å². The van der Waals surface area contributed by atoms with Crippen molar-refractivity contribution in [1.29, 1.82) is 0 Å². The molecule has 4 fully saturated rings. The van der Waals surface area contributed by atoms with Gasteiger partial charge in [-0.1, -0.05) is 37.3 Å². The molecule has 2 aromatic rings. The molecule has 24 heavy (non-hydrogen) atoms. The molecule has 0 saturated heterocycles. The summed E-state index contributed by atoms with van der Waals surface area (Å²) in [6.45, 7) is 4.82. The molecule has 4 saturated carbocycles. The van der Waals surface area contributed by atoms with Gasteiger partial charge in [-0.05, 0) is 67.4 Å². The van der Waals surface area contributed by atoms with Crippen LogP contribution in [0, 0.1) is 22.2 Å². The first-order valence-electron chi connectivity index (χ1n) is 9.04. The quantitative estimate of drug-likeness (QED) is 0.813. The molecule has 2 unspecified atom stereocenters. The predicted molar refractivity (Wildman–Crippen MR) is 98.1 cm³/mol. The zero-order valence-corrected chi connectivity index (χ0v) is 15.2. The summed E-state index contributed by atoms with van der Waals surface area (Å²) in [7, 11) is 0. The molecule has 1 N–H and O–H groups in total. The zero-order chi connectivity index (χ0) is 16.6. The van der Waals surface area contributed by atoms with E-state index in [1.807, 2.05) is 18.2 Å². The fourth-order valence-electron chi connectivity index (χ4n) is 6.86. The maximum Gasteiger partial charge on any atom is 0.232 e. The van der Waals surface area contributed by atoms with Gasteiger partial charge in [0.2, 0.25) is 5.91 Å². The van der Waals surface area contributed by atoms with E-state index in [1.165, 1.54) is 19.3 Å². The molecule has 1 heterocycles. The monoisotopic (exact) mass is 340 g/mol. The van der Waals surface area contributed by atoms with E-state index in [9.17, 15) is 4.79 Å². The van der Waals surface area contributed by atoms with Crippen molar-refractivity contribution in [3.8, 4) is 0 Å². The van der Waals surface area contributed by atoms with E-state index in [4.69, 9.17) is 0 Å². The van der Waals surface area contributed by atoms with E-state index in [2.05, 4.69) is 30.2 Å². The van der Waals surface area contributed by atoms with Crippen molar-refractivity contribution in [2.75, 3.05) is 5.32 Å². The summed E-state index contributed by atoms with van der Waals surface area (Å²) in [6.07, 6.45) is 7.13. The number of nitrogens with zero attached hydrogens (tertiary/aromatic N) is 1. The first-order valence-corrected chi connectivity index (χ1v) is 9.86. The van der Waals surface area contributed by atoms with Crippen LogP contribution in [-0.2, 0) is 4.79 Å². The van der Waals surface area contributed by atoms with Gasteiger partial charge in [-0.2, -0.15) is 0 Å². The van der Waals surface area contributed by atoms with Crippen molar-refractivity contribution in [2.24, 2.45) is 22.2 Å². The normalized spacial score (nSPS) is 40.2. The number of carbonyl (C=O) groups excluding carboxylic acids is 1. The number of amides is 1. The number of hydrogen-bond donors (Lipinski definition) is 1. The molecule has 1 aromatic carbocycles. The van der Waals surface area contributed by atoms with Crippen LogP contribution >= 0.6 is 11.3 Å². The van der Waals surface area contributed by atoms with Crippen molar-refractivity contribution in [2.45, 2.75) is 52.4 Å². The number of fused-ring (bicyclic) bond motifs is 1. The van der Waals surface area contributed by atoms with Crippen LogP contribution < -0.4 is 5.32 Å². The molecule has 6 rings (SSSR count). The number of rotatable bonds is 2. The van der Waals surface area contributed by atoms with Crippen molar-refractivity contribution >= 4 is 32.6 Å². The lowest BCUT2D eigenvalue weighted by Gasteiger charge is -2.64. The van der Waals surface area contributed by atoms with E-state index in [-0.39, 0.29) is 11.3 Å². The van der Waals surface area contributed by atoms with Crippen molar-refractivity contribution < 1.29 is 4.79 Å². The Morgan fingerprint density at radius 3 is 2.50 bits per heavy atom. The standard InChI is InChI=1S/C20H24N2OS/c1-18-7-13-8-19(2,10-18)12-20(9-13,11-18)16(23)22-17-21-14-5-3-4-6-15(14)24-17/h3-6,13H,7-12H2,1-2H3,(H,21,22,23)/t13?,18-,19+,20?. The van der Waals surface area contributed by atoms with Crippen molar-refractivity contribution in [3.05, 3.63) is 24.3 Å². The topological polar surface area (TPSA) is 42.0 Å². The van der Waals surface area contributed by atoms with Crippen LogP contribution in [0.1, 0.15) is 52.4 Å². The smallest absolute Gasteiger partial charge is 0.232 e. The average Bonchev–Trinajstić information content (AvgIpc) is 2.85. The Balaban J connectivity index is 1.46. The van der Waals surface area contributed by atoms with E-state index in [0.717, 1.165) is 40.5 Å². The molecule has 0 spiro atoms. The molecular formula is C20H24N2OS. The SMILES string of the molecule is C[C@]12CC3CC(C(=O)Nc4nc5ccccc5s4)(C1)C[C@@](C)(C3)C2. The number of carbonyl (C=O) groups is 1. The summed E-state index contributed by atoms with van der Waals surface area (Å²) in [5, 5.41) is 3.95. The number of para-hydroxylation sites is 1. The third-order valence-corrected chi connectivity index (χ3v) is 7.57. The average molecular weight is 340 g/mol. The molecular weight excluding hydrogens is 316 g/mol. The summed E-state index contributed by atoms with van der Waals surface area (Å²) in [5.74, 6) is 0.959. The Morgan fingerprint density at radius 2 is 1.83 bits per heavy atom. The fraction of sp³-hybridized carbons (Fsp3) is 0.600. The number of benzene rings is 1. The first kappa shape index (κ1) is 14.9. The lowest BCUT2D eigenvalue weighted by Crippen LogP contribution is -2.58. The van der Waals surface area contributed by atoms with Crippen LogP contribution in [0.15, 0.2) is 24.3 Å². The highest BCUT2D eigenvalue weighted by atomic mass is 32.1. The number of anilines is 1.